The lowest BCUT2D eigenvalue weighted by Crippen LogP contribution is -2.34. The highest BCUT2D eigenvalue weighted by molar-refractivity contribution is 14.1. The second kappa shape index (κ2) is 6.37. The molecule has 2 N–H and O–H groups in total. The van der Waals surface area contributed by atoms with Gasteiger partial charge >= 0.3 is 0 Å². The van der Waals surface area contributed by atoms with Gasteiger partial charge in [0.2, 0.25) is 0 Å². The van der Waals surface area contributed by atoms with E-state index in [9.17, 15) is 0 Å². The van der Waals surface area contributed by atoms with E-state index in [0.29, 0.717) is 6.04 Å². The van der Waals surface area contributed by atoms with E-state index in [2.05, 4.69) is 64.4 Å². The molecular weight excluding hydrogens is 287 g/mol. The van der Waals surface area contributed by atoms with Crippen LogP contribution < -0.4 is 10.6 Å². The Morgan fingerprint density at radius 1 is 1.29 bits per heavy atom. The molecule has 0 heterocycles. The van der Waals surface area contributed by atoms with Gasteiger partial charge in [0.25, 0.3) is 0 Å². The van der Waals surface area contributed by atoms with Gasteiger partial charge in [-0.2, -0.15) is 0 Å². The van der Waals surface area contributed by atoms with Crippen LogP contribution in [0.25, 0.3) is 0 Å². The molecule has 1 aromatic carbocycles. The largest absolute Gasteiger partial charge is 0.318 e. The van der Waals surface area contributed by atoms with Crippen LogP contribution in [0.5, 0.6) is 0 Å². The van der Waals surface area contributed by atoms with Crippen LogP contribution in [0.2, 0.25) is 0 Å². The summed E-state index contributed by atoms with van der Waals surface area (Å²) in [6.45, 7) is 4.13. The molecule has 0 aliphatic heterocycles. The smallest absolute Gasteiger partial charge is 0.0208 e. The molecule has 0 aliphatic rings. The van der Waals surface area contributed by atoms with Gasteiger partial charge in [-0.3, -0.25) is 0 Å². The lowest BCUT2D eigenvalue weighted by molar-refractivity contribution is 0.523. The van der Waals surface area contributed by atoms with E-state index in [4.69, 9.17) is 0 Å². The molecule has 0 amide bonds. The molecule has 1 aromatic rings. The summed E-state index contributed by atoms with van der Waals surface area (Å²) in [5.74, 6) is 0. The fourth-order valence-electron chi connectivity index (χ4n) is 1.27. The second-order valence-electron chi connectivity index (χ2n) is 3.47. The predicted octanol–water partition coefficient (Wildman–Crippen LogP) is 1.99. The highest BCUT2D eigenvalue weighted by Crippen LogP contribution is 2.06. The number of hydrogen-bond donors (Lipinski definition) is 2. The van der Waals surface area contributed by atoms with Gasteiger partial charge in [0.15, 0.2) is 0 Å². The molecule has 0 spiro atoms. The summed E-state index contributed by atoms with van der Waals surface area (Å²) < 4.78 is 1.29. The first-order chi connectivity index (χ1) is 6.72. The lowest BCUT2D eigenvalue weighted by atomic mass is 10.2. The molecule has 2 nitrogen and oxygen atoms in total. The quantitative estimate of drug-likeness (QED) is 0.813. The maximum absolute atomic E-state index is 3.45. The summed E-state index contributed by atoms with van der Waals surface area (Å²) in [6, 6.07) is 9.13. The normalized spacial score (nSPS) is 12.8. The Hall–Kier alpha value is -0.130. The van der Waals surface area contributed by atoms with E-state index in [1.807, 2.05) is 7.05 Å². The van der Waals surface area contributed by atoms with Crippen molar-refractivity contribution >= 4 is 22.6 Å². The minimum atomic E-state index is 0.513. The Labute approximate surface area is 99.6 Å². The standard InChI is InChI=1S/C11H17IN2/c1-9(7-13-2)14-8-10-3-5-11(12)6-4-10/h3-6,9,13-14H,7-8H2,1-2H3. The van der Waals surface area contributed by atoms with E-state index in [0.717, 1.165) is 13.1 Å². The molecule has 3 heteroatoms. The number of nitrogens with one attached hydrogen (secondary N) is 2. The molecule has 0 radical (unpaired) electrons. The van der Waals surface area contributed by atoms with Gasteiger partial charge in [-0.05, 0) is 54.3 Å². The maximum atomic E-state index is 3.45. The van der Waals surface area contributed by atoms with Crippen molar-refractivity contribution in [3.8, 4) is 0 Å². The van der Waals surface area contributed by atoms with Crippen LogP contribution >= 0.6 is 22.6 Å². The van der Waals surface area contributed by atoms with Crippen LogP contribution in [0, 0.1) is 3.57 Å². The van der Waals surface area contributed by atoms with Gasteiger partial charge in [-0.1, -0.05) is 12.1 Å². The van der Waals surface area contributed by atoms with E-state index in [1.165, 1.54) is 9.13 Å². The van der Waals surface area contributed by atoms with Crippen molar-refractivity contribution in [2.75, 3.05) is 13.6 Å². The van der Waals surface area contributed by atoms with E-state index in [-0.39, 0.29) is 0 Å². The van der Waals surface area contributed by atoms with Crippen molar-refractivity contribution in [3.05, 3.63) is 33.4 Å². The Kier molecular flexibility index (Phi) is 5.44. The third kappa shape index (κ3) is 4.39. The Morgan fingerprint density at radius 3 is 2.50 bits per heavy atom. The van der Waals surface area contributed by atoms with Crippen LogP contribution in [0.1, 0.15) is 12.5 Å². The molecule has 0 fully saturated rings. The lowest BCUT2D eigenvalue weighted by Gasteiger charge is -2.12. The summed E-state index contributed by atoms with van der Waals surface area (Å²) in [7, 11) is 1.98. The first-order valence-corrected chi connectivity index (χ1v) is 5.92. The van der Waals surface area contributed by atoms with E-state index in [1.54, 1.807) is 0 Å². The van der Waals surface area contributed by atoms with Crippen molar-refractivity contribution in [1.29, 1.82) is 0 Å². The van der Waals surface area contributed by atoms with Gasteiger partial charge in [-0.15, -0.1) is 0 Å². The van der Waals surface area contributed by atoms with E-state index >= 15 is 0 Å². The van der Waals surface area contributed by atoms with Crippen molar-refractivity contribution in [2.45, 2.75) is 19.5 Å². The molecule has 0 saturated carbocycles. The van der Waals surface area contributed by atoms with Crippen molar-refractivity contribution in [2.24, 2.45) is 0 Å². The van der Waals surface area contributed by atoms with Gasteiger partial charge in [0.1, 0.15) is 0 Å². The molecule has 1 unspecified atom stereocenters. The maximum Gasteiger partial charge on any atom is 0.0208 e. The Balaban J connectivity index is 2.34. The summed E-state index contributed by atoms with van der Waals surface area (Å²) in [6.07, 6.45) is 0. The van der Waals surface area contributed by atoms with Crippen LogP contribution in [0.4, 0.5) is 0 Å². The SMILES string of the molecule is CNCC(C)NCc1ccc(I)cc1. The van der Waals surface area contributed by atoms with Crippen LogP contribution in [-0.4, -0.2) is 19.6 Å². The average molecular weight is 304 g/mol. The highest BCUT2D eigenvalue weighted by atomic mass is 127. The number of rotatable bonds is 5. The van der Waals surface area contributed by atoms with Crippen LogP contribution in [-0.2, 0) is 6.54 Å². The first-order valence-electron chi connectivity index (χ1n) is 4.85. The fourth-order valence-corrected chi connectivity index (χ4v) is 1.63. The number of halogens is 1. The minimum absolute atomic E-state index is 0.513. The topological polar surface area (TPSA) is 24.1 Å². The number of likely N-dealkylation sites (N-methyl/N-ethyl adjacent to an activating group) is 1. The van der Waals surface area contributed by atoms with Gasteiger partial charge in [0, 0.05) is 22.7 Å². The zero-order valence-corrected chi connectivity index (χ0v) is 10.8. The summed E-state index contributed by atoms with van der Waals surface area (Å²) in [5, 5.41) is 6.60. The zero-order chi connectivity index (χ0) is 10.4. The molecule has 0 aliphatic carbocycles. The van der Waals surface area contributed by atoms with E-state index < -0.39 is 0 Å². The third-order valence-corrected chi connectivity index (χ3v) is 2.80. The molecule has 0 bridgehead atoms. The molecule has 1 rings (SSSR count). The average Bonchev–Trinajstić information content (AvgIpc) is 2.17. The highest BCUT2D eigenvalue weighted by Gasteiger charge is 1.99. The van der Waals surface area contributed by atoms with Crippen molar-refractivity contribution < 1.29 is 0 Å². The zero-order valence-electron chi connectivity index (χ0n) is 8.68. The van der Waals surface area contributed by atoms with Crippen LogP contribution in [0.3, 0.4) is 0 Å². The second-order valence-corrected chi connectivity index (χ2v) is 4.71. The fraction of sp³-hybridized carbons (Fsp3) is 0.455. The monoisotopic (exact) mass is 304 g/mol. The van der Waals surface area contributed by atoms with Crippen LogP contribution in [0.15, 0.2) is 24.3 Å². The van der Waals surface area contributed by atoms with Gasteiger partial charge in [-0.25, -0.2) is 0 Å². The molecule has 0 saturated heterocycles. The number of benzene rings is 1. The molecular formula is C11H17IN2. The van der Waals surface area contributed by atoms with Gasteiger partial charge in [0.05, 0.1) is 0 Å². The Morgan fingerprint density at radius 2 is 1.93 bits per heavy atom. The molecule has 1 atom stereocenters. The van der Waals surface area contributed by atoms with Crippen molar-refractivity contribution in [1.82, 2.24) is 10.6 Å². The molecule has 0 aromatic heterocycles. The summed E-state index contributed by atoms with van der Waals surface area (Å²) in [4.78, 5) is 0. The number of hydrogen-bond acceptors (Lipinski definition) is 2. The van der Waals surface area contributed by atoms with Gasteiger partial charge < -0.3 is 10.6 Å². The Bertz CT molecular complexity index is 258. The minimum Gasteiger partial charge on any atom is -0.318 e. The molecule has 14 heavy (non-hydrogen) atoms. The summed E-state index contributed by atoms with van der Waals surface area (Å²) >= 11 is 2.32. The first kappa shape index (κ1) is 11.9. The third-order valence-electron chi connectivity index (χ3n) is 2.08. The summed E-state index contributed by atoms with van der Waals surface area (Å²) in [5.41, 5.74) is 1.34. The molecule has 78 valence electrons. The predicted molar refractivity (Wildman–Crippen MR) is 69.4 cm³/mol. The van der Waals surface area contributed by atoms with Crippen molar-refractivity contribution in [3.63, 3.8) is 0 Å².